The minimum Gasteiger partial charge on any atom is -0.436 e. The molecule has 3 aliphatic rings. The van der Waals surface area contributed by atoms with Gasteiger partial charge in [-0.25, -0.2) is 0 Å². The van der Waals surface area contributed by atoms with Crippen LogP contribution in [-0.2, 0) is 26.7 Å². The summed E-state index contributed by atoms with van der Waals surface area (Å²) < 4.78 is 21.0. The van der Waals surface area contributed by atoms with Crippen LogP contribution in [0.1, 0.15) is 57.8 Å². The molecule has 0 aromatic carbocycles. The van der Waals surface area contributed by atoms with E-state index < -0.39 is 33.8 Å². The van der Waals surface area contributed by atoms with E-state index >= 15 is 0 Å². The quantitative estimate of drug-likeness (QED) is 0.190. The summed E-state index contributed by atoms with van der Waals surface area (Å²) >= 11 is 0. The fraction of sp³-hybridized carbons (Fsp3) is 0.893. The number of amides is 3. The van der Waals surface area contributed by atoms with Gasteiger partial charge in [0.15, 0.2) is 16.6 Å². The van der Waals surface area contributed by atoms with Crippen molar-refractivity contribution in [3.63, 3.8) is 0 Å². The molecule has 3 amide bonds. The van der Waals surface area contributed by atoms with Crippen molar-refractivity contribution >= 4 is 51.5 Å². The molecule has 0 saturated carbocycles. The molecular formula is C28H57N3O6Si4. The summed E-state index contributed by atoms with van der Waals surface area (Å²) in [5.74, 6) is 0.840. The second-order valence-electron chi connectivity index (χ2n) is 14.1. The second kappa shape index (κ2) is 14.8. The predicted molar refractivity (Wildman–Crippen MR) is 173 cm³/mol. The number of likely N-dealkylation sites (tertiary alicyclic amines) is 3. The van der Waals surface area contributed by atoms with Gasteiger partial charge in [0.05, 0.1) is 0 Å². The molecule has 3 aliphatic heterocycles. The number of rotatable bonds is 18. The Hall–Kier alpha value is -0.842. The van der Waals surface area contributed by atoms with Gasteiger partial charge in [-0.3, -0.25) is 14.4 Å². The molecule has 0 aromatic heterocycles. The van der Waals surface area contributed by atoms with Crippen LogP contribution in [0.4, 0.5) is 0 Å². The summed E-state index contributed by atoms with van der Waals surface area (Å²) in [7, 11) is -9.22. The average molecular weight is 644 g/mol. The first-order valence-electron chi connectivity index (χ1n) is 16.0. The van der Waals surface area contributed by atoms with Crippen molar-refractivity contribution in [2.45, 2.75) is 122 Å². The lowest BCUT2D eigenvalue weighted by Gasteiger charge is -2.43. The summed E-state index contributed by atoms with van der Waals surface area (Å²) in [5, 5.41) is 0. The number of carbonyl (C=O) groups is 3. The van der Waals surface area contributed by atoms with Crippen molar-refractivity contribution in [2.75, 3.05) is 39.3 Å². The van der Waals surface area contributed by atoms with Crippen LogP contribution in [0.25, 0.3) is 0 Å². The number of carbonyl (C=O) groups excluding carboxylic acids is 3. The van der Waals surface area contributed by atoms with Crippen molar-refractivity contribution in [3.8, 4) is 0 Å². The lowest BCUT2D eigenvalue weighted by molar-refractivity contribution is -0.128. The zero-order valence-corrected chi connectivity index (χ0v) is 31.0. The van der Waals surface area contributed by atoms with E-state index in [2.05, 4.69) is 45.8 Å². The molecular weight excluding hydrogens is 587 g/mol. The number of nitrogens with zero attached hydrogens (tertiary/aromatic N) is 3. The second-order valence-corrected chi connectivity index (χ2v) is 30.2. The van der Waals surface area contributed by atoms with E-state index in [1.807, 2.05) is 14.7 Å². The molecule has 0 spiro atoms. The van der Waals surface area contributed by atoms with Crippen LogP contribution in [0.5, 0.6) is 0 Å². The minimum atomic E-state index is -2.62. The van der Waals surface area contributed by atoms with E-state index in [1.54, 1.807) is 0 Å². The molecule has 3 saturated heterocycles. The minimum absolute atomic E-state index is 0.266. The highest BCUT2D eigenvalue weighted by atomic mass is 28.5. The van der Waals surface area contributed by atoms with Crippen LogP contribution in [0.2, 0.25) is 64.0 Å². The maximum atomic E-state index is 12.2. The summed E-state index contributed by atoms with van der Waals surface area (Å²) in [5.41, 5.74) is 0. The molecule has 0 aromatic rings. The summed E-state index contributed by atoms with van der Waals surface area (Å²) in [6.07, 6.45) is 7.79. The van der Waals surface area contributed by atoms with Gasteiger partial charge in [0.25, 0.3) is 0 Å². The number of hydrogen-bond donors (Lipinski definition) is 0. The molecule has 236 valence electrons. The zero-order valence-electron chi connectivity index (χ0n) is 27.0. The van der Waals surface area contributed by atoms with E-state index in [1.165, 1.54) is 0 Å². The average Bonchev–Trinajstić information content (AvgIpc) is 3.54. The topological polar surface area (TPSA) is 88.6 Å². The van der Waals surface area contributed by atoms with Crippen molar-refractivity contribution < 1.29 is 26.7 Å². The normalized spacial score (nSPS) is 20.6. The van der Waals surface area contributed by atoms with Gasteiger partial charge in [-0.15, -0.1) is 0 Å². The van der Waals surface area contributed by atoms with Gasteiger partial charge in [0.1, 0.15) is 0 Å². The maximum absolute atomic E-state index is 12.2. The molecule has 1 atom stereocenters. The molecule has 0 N–H and O–H groups in total. The van der Waals surface area contributed by atoms with Gasteiger partial charge >= 0.3 is 17.1 Å². The zero-order chi connectivity index (χ0) is 30.3. The van der Waals surface area contributed by atoms with Crippen molar-refractivity contribution in [1.29, 1.82) is 0 Å². The first-order valence-corrected chi connectivity index (χ1v) is 27.6. The van der Waals surface area contributed by atoms with Gasteiger partial charge in [0.2, 0.25) is 17.7 Å². The van der Waals surface area contributed by atoms with Crippen molar-refractivity contribution in [1.82, 2.24) is 14.7 Å². The Balaban J connectivity index is 1.59. The summed E-state index contributed by atoms with van der Waals surface area (Å²) in [4.78, 5) is 42.3. The summed E-state index contributed by atoms with van der Waals surface area (Å²) in [6.45, 7) is 20.7. The molecule has 9 nitrogen and oxygen atoms in total. The third-order valence-corrected chi connectivity index (χ3v) is 24.6. The fourth-order valence-electron chi connectivity index (χ4n) is 6.82. The largest absolute Gasteiger partial charge is 0.436 e. The highest BCUT2D eigenvalue weighted by Crippen LogP contribution is 2.31. The molecule has 1 unspecified atom stereocenters. The lowest BCUT2D eigenvalue weighted by atomic mass is 10.4. The number of hydrogen-bond acceptors (Lipinski definition) is 6. The van der Waals surface area contributed by atoms with E-state index in [4.69, 9.17) is 12.3 Å². The predicted octanol–water partition coefficient (Wildman–Crippen LogP) is 5.26. The van der Waals surface area contributed by atoms with Crippen molar-refractivity contribution in [3.05, 3.63) is 0 Å². The Morgan fingerprint density at radius 3 is 1.27 bits per heavy atom. The summed E-state index contributed by atoms with van der Waals surface area (Å²) in [6, 6.07) is 2.84. The van der Waals surface area contributed by atoms with Crippen molar-refractivity contribution in [2.24, 2.45) is 0 Å². The third kappa shape index (κ3) is 11.6. The van der Waals surface area contributed by atoms with E-state index in [-0.39, 0.29) is 17.7 Å². The van der Waals surface area contributed by atoms with Crippen LogP contribution in [0.15, 0.2) is 0 Å². The molecule has 0 radical (unpaired) electrons. The molecule has 3 rings (SSSR count). The van der Waals surface area contributed by atoms with Crippen LogP contribution in [0.3, 0.4) is 0 Å². The monoisotopic (exact) mass is 643 g/mol. The van der Waals surface area contributed by atoms with E-state index in [0.717, 1.165) is 95.9 Å². The molecule has 41 heavy (non-hydrogen) atoms. The van der Waals surface area contributed by atoms with Crippen LogP contribution < -0.4 is 0 Å². The molecule has 3 fully saturated rings. The van der Waals surface area contributed by atoms with Gasteiger partial charge in [-0.1, -0.05) is 0 Å². The van der Waals surface area contributed by atoms with E-state index in [0.29, 0.717) is 19.3 Å². The lowest BCUT2D eigenvalue weighted by Crippen LogP contribution is -2.58. The highest BCUT2D eigenvalue weighted by Gasteiger charge is 2.46. The Morgan fingerprint density at radius 2 is 0.902 bits per heavy atom. The first kappa shape index (κ1) is 34.6. The van der Waals surface area contributed by atoms with Gasteiger partial charge in [-0.05, 0) is 102 Å². The van der Waals surface area contributed by atoms with Gasteiger partial charge in [-0.2, -0.15) is 0 Å². The molecule has 3 heterocycles. The highest BCUT2D eigenvalue weighted by molar-refractivity contribution is 6.89. The first-order chi connectivity index (χ1) is 19.1. The third-order valence-electron chi connectivity index (χ3n) is 8.46. The molecule has 13 heteroatoms. The smallest absolute Gasteiger partial charge is 0.315 e. The Labute approximate surface area is 253 Å². The van der Waals surface area contributed by atoms with Crippen LogP contribution in [-0.4, -0.2) is 105 Å². The van der Waals surface area contributed by atoms with Crippen LogP contribution in [0, 0.1) is 0 Å². The fourth-order valence-corrected chi connectivity index (χ4v) is 26.5. The molecule has 0 aliphatic carbocycles. The van der Waals surface area contributed by atoms with Gasteiger partial charge < -0.3 is 27.0 Å². The Morgan fingerprint density at radius 1 is 0.537 bits per heavy atom. The maximum Gasteiger partial charge on any atom is 0.315 e. The van der Waals surface area contributed by atoms with E-state index in [9.17, 15) is 14.4 Å². The molecule has 0 bridgehead atoms. The standard InChI is InChI=1S/C28H57N3O6Si4/c1-38(2,23-11-20-29-17-8-14-26(29)32)35-40(5,6)37-41(7,25-13-22-31-19-10-16-28(31)34)36-39(3,4)24-12-21-30-18-9-15-27(30)33/h8-25H2,1-7H3. The van der Waals surface area contributed by atoms with Gasteiger partial charge in [0, 0.05) is 58.5 Å². The van der Waals surface area contributed by atoms with Crippen LogP contribution >= 0.6 is 0 Å². The Bertz CT molecular complexity index is 921. The SMILES string of the molecule is C[Si](C)(CCCN1CCCC1=O)O[Si](C)(C)O[Si](C)(CCCN1CCCC1=O)O[Si](C)(C)CCCN1CCCC1=O. The Kier molecular flexibility index (Phi) is 12.5.